The number of amides is 1. The molecule has 204 valence electrons. The van der Waals surface area contributed by atoms with Crippen LogP contribution in [0.2, 0.25) is 0 Å². The summed E-state index contributed by atoms with van der Waals surface area (Å²) < 4.78 is 0. The third kappa shape index (κ3) is 7.05. The normalized spacial score (nSPS) is 12.7. The number of carbonyl (C=O) groups excluding carboxylic acids is 1. The number of nitrogens with one attached hydrogen (secondary N) is 1. The Hall–Kier alpha value is -4.20. The van der Waals surface area contributed by atoms with Crippen molar-refractivity contribution in [2.45, 2.75) is 25.5 Å². The number of aromatic nitrogens is 1. The summed E-state index contributed by atoms with van der Waals surface area (Å²) in [7, 11) is 0. The topological polar surface area (TPSA) is 99.5 Å². The molecule has 3 aromatic carbocycles. The van der Waals surface area contributed by atoms with E-state index in [-0.39, 0.29) is 0 Å². The van der Waals surface area contributed by atoms with E-state index >= 15 is 0 Å². The van der Waals surface area contributed by atoms with Gasteiger partial charge >= 0.3 is 5.97 Å². The number of thioether (sulfide) groups is 1. The highest BCUT2D eigenvalue weighted by atomic mass is 32.2. The Balaban J connectivity index is 1.69. The highest BCUT2D eigenvalue weighted by Gasteiger charge is 2.22. The van der Waals surface area contributed by atoms with Crippen LogP contribution in [0.25, 0.3) is 23.3 Å². The summed E-state index contributed by atoms with van der Waals surface area (Å²) in [5, 5.41) is 23.3. The molecule has 3 N–H and O–H groups in total. The highest BCUT2D eigenvalue weighted by Crippen LogP contribution is 2.30. The van der Waals surface area contributed by atoms with Gasteiger partial charge in [0.1, 0.15) is 12.1 Å². The average Bonchev–Trinajstić information content (AvgIpc) is 2.98. The Morgan fingerprint density at radius 2 is 1.73 bits per heavy atom. The third-order valence-corrected chi connectivity index (χ3v) is 7.33. The minimum atomic E-state index is -1.05. The molecule has 1 aromatic heterocycles. The number of aryl methyl sites for hydroxylation is 1. The molecule has 4 rings (SSSR count). The molecule has 1 heterocycles. The molecule has 0 aliphatic carbocycles. The van der Waals surface area contributed by atoms with Crippen LogP contribution < -0.4 is 5.32 Å². The highest BCUT2D eigenvalue weighted by molar-refractivity contribution is 7.98. The van der Waals surface area contributed by atoms with Gasteiger partial charge in [0.15, 0.2) is 0 Å². The van der Waals surface area contributed by atoms with Crippen molar-refractivity contribution in [1.82, 2.24) is 10.3 Å². The molecule has 0 spiro atoms. The molecule has 0 radical (unpaired) electrons. The SMILES string of the molecule is CSCC[C@H](NC(=O)c1ccc(C=Cc2cnccc2C(O)c2ccccc2)cc1-c1ccccc1C)C(=O)O. The van der Waals surface area contributed by atoms with E-state index in [9.17, 15) is 19.8 Å². The van der Waals surface area contributed by atoms with Gasteiger partial charge < -0.3 is 15.5 Å². The molecule has 4 aromatic rings. The van der Waals surface area contributed by atoms with Crippen LogP contribution in [0.5, 0.6) is 0 Å². The van der Waals surface area contributed by atoms with Crippen LogP contribution >= 0.6 is 11.8 Å². The summed E-state index contributed by atoms with van der Waals surface area (Å²) in [4.78, 5) is 29.3. The first-order valence-corrected chi connectivity index (χ1v) is 14.4. The zero-order valence-electron chi connectivity index (χ0n) is 22.5. The summed E-state index contributed by atoms with van der Waals surface area (Å²) in [5.74, 6) is -0.854. The van der Waals surface area contributed by atoms with Crippen LogP contribution in [0.4, 0.5) is 0 Å². The van der Waals surface area contributed by atoms with Crippen LogP contribution in [0.15, 0.2) is 91.3 Å². The number of pyridine rings is 1. The van der Waals surface area contributed by atoms with E-state index in [2.05, 4.69) is 10.3 Å². The number of hydrogen-bond acceptors (Lipinski definition) is 5. The van der Waals surface area contributed by atoms with Crippen molar-refractivity contribution in [3.05, 3.63) is 125 Å². The Kier molecular flexibility index (Phi) is 9.89. The molecule has 7 heteroatoms. The third-order valence-electron chi connectivity index (χ3n) is 6.69. The molecule has 1 amide bonds. The lowest BCUT2D eigenvalue weighted by Crippen LogP contribution is -2.41. The number of rotatable bonds is 11. The van der Waals surface area contributed by atoms with Gasteiger partial charge in [-0.1, -0.05) is 72.8 Å². The standard InChI is InChI=1S/C33H32N2O4S/c1-22-8-6-7-11-26(22)29-20-23(13-15-28(29)32(37)35-30(33(38)39)17-19-40-2)12-14-25-21-34-18-16-27(25)31(36)24-9-4-3-5-10-24/h3-16,18,20-21,30-31,36H,17,19H2,1-2H3,(H,35,37)(H,38,39)/t30-,31?/m0/s1. The molecule has 0 fully saturated rings. The van der Waals surface area contributed by atoms with Crippen LogP contribution in [-0.2, 0) is 4.79 Å². The maximum atomic E-state index is 13.3. The van der Waals surface area contributed by atoms with Gasteiger partial charge in [0, 0.05) is 18.0 Å². The number of carboxylic acid groups (broad SMARTS) is 1. The van der Waals surface area contributed by atoms with Crippen molar-refractivity contribution in [3.8, 4) is 11.1 Å². The predicted octanol–water partition coefficient (Wildman–Crippen LogP) is 6.25. The number of carboxylic acids is 1. The fourth-order valence-electron chi connectivity index (χ4n) is 4.50. The molecule has 0 aliphatic heterocycles. The number of aliphatic carboxylic acids is 1. The minimum absolute atomic E-state index is 0.338. The summed E-state index contributed by atoms with van der Waals surface area (Å²) in [6.45, 7) is 1.98. The van der Waals surface area contributed by atoms with Gasteiger partial charge in [0.25, 0.3) is 5.91 Å². The molecule has 2 atom stereocenters. The van der Waals surface area contributed by atoms with Crippen LogP contribution in [0, 0.1) is 6.92 Å². The van der Waals surface area contributed by atoms with E-state index in [0.717, 1.165) is 33.4 Å². The summed E-state index contributed by atoms with van der Waals surface area (Å²) >= 11 is 1.54. The Bertz CT molecular complexity index is 1500. The first-order valence-electron chi connectivity index (χ1n) is 13.0. The van der Waals surface area contributed by atoms with Gasteiger partial charge in [-0.3, -0.25) is 9.78 Å². The lowest BCUT2D eigenvalue weighted by molar-refractivity contribution is -0.139. The fourth-order valence-corrected chi connectivity index (χ4v) is 4.97. The lowest BCUT2D eigenvalue weighted by Gasteiger charge is -2.17. The summed E-state index contributed by atoms with van der Waals surface area (Å²) in [6, 6.07) is 23.6. The molecule has 0 aliphatic rings. The number of aliphatic hydroxyl groups excluding tert-OH is 1. The average molecular weight is 553 g/mol. The molecule has 0 bridgehead atoms. The van der Waals surface area contributed by atoms with E-state index in [4.69, 9.17) is 0 Å². The van der Waals surface area contributed by atoms with E-state index < -0.39 is 24.0 Å². The van der Waals surface area contributed by atoms with E-state index in [1.807, 2.05) is 92.1 Å². The zero-order valence-corrected chi connectivity index (χ0v) is 23.3. The monoisotopic (exact) mass is 552 g/mol. The first kappa shape index (κ1) is 28.8. The minimum Gasteiger partial charge on any atom is -0.480 e. The summed E-state index contributed by atoms with van der Waals surface area (Å²) in [5.41, 5.74) is 6.14. The van der Waals surface area contributed by atoms with Crippen molar-refractivity contribution >= 4 is 35.8 Å². The van der Waals surface area contributed by atoms with Crippen molar-refractivity contribution in [1.29, 1.82) is 0 Å². The fraction of sp³-hybridized carbons (Fsp3) is 0.182. The Morgan fingerprint density at radius 1 is 0.975 bits per heavy atom. The quantitative estimate of drug-likeness (QED) is 0.204. The molecular formula is C33H32N2O4S. The van der Waals surface area contributed by atoms with Crippen molar-refractivity contribution in [2.75, 3.05) is 12.0 Å². The number of hydrogen-bond donors (Lipinski definition) is 3. The molecular weight excluding hydrogens is 520 g/mol. The predicted molar refractivity (Wildman–Crippen MR) is 162 cm³/mol. The second kappa shape index (κ2) is 13.7. The van der Waals surface area contributed by atoms with Gasteiger partial charge in [0.05, 0.1) is 0 Å². The van der Waals surface area contributed by atoms with Crippen LogP contribution in [-0.4, -0.2) is 45.1 Å². The van der Waals surface area contributed by atoms with Crippen LogP contribution in [0.3, 0.4) is 0 Å². The van der Waals surface area contributed by atoms with Crippen molar-refractivity contribution < 1.29 is 19.8 Å². The number of benzene rings is 3. The maximum absolute atomic E-state index is 13.3. The molecule has 6 nitrogen and oxygen atoms in total. The molecule has 40 heavy (non-hydrogen) atoms. The van der Waals surface area contributed by atoms with Crippen molar-refractivity contribution in [3.63, 3.8) is 0 Å². The number of aliphatic hydroxyl groups is 1. The number of carbonyl (C=O) groups is 2. The molecule has 1 unspecified atom stereocenters. The van der Waals surface area contributed by atoms with Crippen molar-refractivity contribution in [2.24, 2.45) is 0 Å². The van der Waals surface area contributed by atoms with Gasteiger partial charge in [0.2, 0.25) is 0 Å². The molecule has 0 saturated heterocycles. The summed E-state index contributed by atoms with van der Waals surface area (Å²) in [6.07, 6.45) is 8.62. The van der Waals surface area contributed by atoms with Crippen LogP contribution in [0.1, 0.15) is 50.7 Å². The second-order valence-electron chi connectivity index (χ2n) is 9.42. The maximum Gasteiger partial charge on any atom is 0.326 e. The lowest BCUT2D eigenvalue weighted by atomic mass is 9.93. The van der Waals surface area contributed by atoms with Gasteiger partial charge in [-0.05, 0) is 82.5 Å². The second-order valence-corrected chi connectivity index (χ2v) is 10.4. The Labute approximate surface area is 238 Å². The number of nitrogens with zero attached hydrogens (tertiary/aromatic N) is 1. The zero-order chi connectivity index (χ0) is 28.5. The Morgan fingerprint density at radius 3 is 2.45 bits per heavy atom. The molecule has 0 saturated carbocycles. The smallest absolute Gasteiger partial charge is 0.326 e. The van der Waals surface area contributed by atoms with E-state index in [1.165, 1.54) is 11.8 Å². The van der Waals surface area contributed by atoms with E-state index in [0.29, 0.717) is 23.3 Å². The largest absolute Gasteiger partial charge is 0.480 e. The van der Waals surface area contributed by atoms with Gasteiger partial charge in [-0.2, -0.15) is 11.8 Å². The van der Waals surface area contributed by atoms with Gasteiger partial charge in [-0.15, -0.1) is 0 Å². The first-order chi connectivity index (χ1) is 19.4. The van der Waals surface area contributed by atoms with Gasteiger partial charge in [-0.25, -0.2) is 4.79 Å². The van der Waals surface area contributed by atoms with E-state index in [1.54, 1.807) is 24.5 Å².